The molecule has 1 aromatic heterocycles. The molecule has 0 radical (unpaired) electrons. The number of ether oxygens (including phenoxy) is 1. The number of hydrogen-bond acceptors (Lipinski definition) is 6. The van der Waals surface area contributed by atoms with Gasteiger partial charge in [-0.1, -0.05) is 24.3 Å². The minimum absolute atomic E-state index is 0.0487. The quantitative estimate of drug-likeness (QED) is 0.586. The van der Waals surface area contributed by atoms with E-state index in [2.05, 4.69) is 5.32 Å². The fourth-order valence-electron chi connectivity index (χ4n) is 3.35. The summed E-state index contributed by atoms with van der Waals surface area (Å²) >= 11 is 1.54. The van der Waals surface area contributed by atoms with E-state index in [1.807, 2.05) is 18.2 Å². The molecule has 0 saturated carbocycles. The molecule has 1 N–H and O–H groups in total. The number of nitrogens with one attached hydrogen (secondary N) is 1. The molecule has 3 aromatic rings. The van der Waals surface area contributed by atoms with Crippen LogP contribution < -0.4 is 5.32 Å². The smallest absolute Gasteiger partial charge is 0.339 e. The summed E-state index contributed by atoms with van der Waals surface area (Å²) in [5, 5.41) is 2.61. The zero-order valence-corrected chi connectivity index (χ0v) is 17.6. The van der Waals surface area contributed by atoms with Crippen molar-refractivity contribution < 1.29 is 23.5 Å². The van der Waals surface area contributed by atoms with E-state index in [-0.39, 0.29) is 22.8 Å². The molecule has 1 atom stereocenters. The van der Waals surface area contributed by atoms with Crippen molar-refractivity contribution in [1.29, 1.82) is 0 Å². The molecule has 31 heavy (non-hydrogen) atoms. The predicted molar refractivity (Wildman–Crippen MR) is 117 cm³/mol. The molecule has 1 aliphatic rings. The zero-order valence-electron chi connectivity index (χ0n) is 16.7. The van der Waals surface area contributed by atoms with E-state index < -0.39 is 5.97 Å². The number of amides is 2. The Morgan fingerprint density at radius 3 is 2.61 bits per heavy atom. The van der Waals surface area contributed by atoms with Gasteiger partial charge in [-0.3, -0.25) is 9.59 Å². The molecule has 2 aromatic carbocycles. The molecule has 2 amide bonds. The molecule has 1 unspecified atom stereocenters. The summed E-state index contributed by atoms with van der Waals surface area (Å²) in [7, 11) is 1.29. The van der Waals surface area contributed by atoms with E-state index in [9.17, 15) is 14.4 Å². The maximum atomic E-state index is 12.7. The van der Waals surface area contributed by atoms with Gasteiger partial charge in [-0.25, -0.2) is 4.79 Å². The van der Waals surface area contributed by atoms with Crippen LogP contribution in [0.5, 0.6) is 0 Å². The van der Waals surface area contributed by atoms with Gasteiger partial charge in [0.1, 0.15) is 11.1 Å². The lowest BCUT2D eigenvalue weighted by atomic mass is 10.1. The Morgan fingerprint density at radius 2 is 1.90 bits per heavy atom. The van der Waals surface area contributed by atoms with Crippen LogP contribution in [0.2, 0.25) is 0 Å². The fourth-order valence-corrected chi connectivity index (χ4v) is 4.53. The number of carbonyl (C=O) groups excluding carboxylic acids is 3. The molecule has 158 valence electrons. The van der Waals surface area contributed by atoms with E-state index in [4.69, 9.17) is 9.15 Å². The normalized spacial score (nSPS) is 15.7. The summed E-state index contributed by atoms with van der Waals surface area (Å²) in [6.45, 7) is 0.399. The third-order valence-corrected chi connectivity index (χ3v) is 6.17. The van der Waals surface area contributed by atoms with Crippen molar-refractivity contribution in [3.05, 3.63) is 89.4 Å². The number of rotatable bonds is 6. The van der Waals surface area contributed by atoms with Crippen LogP contribution in [0.1, 0.15) is 37.4 Å². The molecule has 1 fully saturated rings. The van der Waals surface area contributed by atoms with Crippen molar-refractivity contribution in [1.82, 2.24) is 4.90 Å². The lowest BCUT2D eigenvalue weighted by molar-refractivity contribution is -0.128. The topological polar surface area (TPSA) is 88.8 Å². The first-order valence-corrected chi connectivity index (χ1v) is 10.6. The number of thioether (sulfide) groups is 1. The van der Waals surface area contributed by atoms with Crippen molar-refractivity contribution in [2.75, 3.05) is 18.2 Å². The first-order valence-electron chi connectivity index (χ1n) is 9.59. The molecule has 7 nitrogen and oxygen atoms in total. The minimum Gasteiger partial charge on any atom is -0.467 e. The third-order valence-electron chi connectivity index (χ3n) is 4.91. The van der Waals surface area contributed by atoms with Crippen molar-refractivity contribution in [2.45, 2.75) is 11.9 Å². The summed E-state index contributed by atoms with van der Waals surface area (Å²) in [5.74, 6) is 0.308. The highest BCUT2D eigenvalue weighted by molar-refractivity contribution is 8.00. The van der Waals surface area contributed by atoms with Gasteiger partial charge in [0.05, 0.1) is 36.9 Å². The highest BCUT2D eigenvalue weighted by Gasteiger charge is 2.33. The van der Waals surface area contributed by atoms with Crippen molar-refractivity contribution in [3.63, 3.8) is 0 Å². The minimum atomic E-state index is -0.522. The van der Waals surface area contributed by atoms with Crippen LogP contribution >= 0.6 is 11.8 Å². The van der Waals surface area contributed by atoms with Gasteiger partial charge in [-0.2, -0.15) is 0 Å². The average molecular weight is 436 g/mol. The molecular formula is C23H20N2O5S. The van der Waals surface area contributed by atoms with Crippen LogP contribution in [0.25, 0.3) is 0 Å². The van der Waals surface area contributed by atoms with Crippen molar-refractivity contribution in [3.8, 4) is 0 Å². The van der Waals surface area contributed by atoms with Crippen molar-refractivity contribution >= 4 is 35.2 Å². The van der Waals surface area contributed by atoms with E-state index in [0.29, 0.717) is 23.5 Å². The highest BCUT2D eigenvalue weighted by atomic mass is 32.2. The van der Waals surface area contributed by atoms with E-state index in [1.54, 1.807) is 65.4 Å². The molecule has 0 spiro atoms. The number of carbonyl (C=O) groups is 3. The Bertz CT molecular complexity index is 1100. The summed E-state index contributed by atoms with van der Waals surface area (Å²) in [4.78, 5) is 38.7. The van der Waals surface area contributed by atoms with E-state index in [1.165, 1.54) is 7.11 Å². The first-order chi connectivity index (χ1) is 15.1. The lowest BCUT2D eigenvalue weighted by Crippen LogP contribution is -2.27. The van der Waals surface area contributed by atoms with Gasteiger partial charge >= 0.3 is 5.97 Å². The van der Waals surface area contributed by atoms with Crippen LogP contribution in [0.15, 0.2) is 71.3 Å². The number of nitrogens with zero attached hydrogens (tertiary/aromatic N) is 1. The molecule has 0 aliphatic carbocycles. The van der Waals surface area contributed by atoms with Crippen LogP contribution in [0.4, 0.5) is 5.69 Å². The number of benzene rings is 2. The van der Waals surface area contributed by atoms with E-state index in [0.717, 1.165) is 11.3 Å². The largest absolute Gasteiger partial charge is 0.467 e. The van der Waals surface area contributed by atoms with Gasteiger partial charge in [0, 0.05) is 5.56 Å². The summed E-state index contributed by atoms with van der Waals surface area (Å²) < 4.78 is 10.1. The Balaban J connectivity index is 1.49. The predicted octanol–water partition coefficient (Wildman–Crippen LogP) is 4.09. The fraction of sp³-hybridized carbons (Fsp3) is 0.174. The van der Waals surface area contributed by atoms with Gasteiger partial charge in [0.15, 0.2) is 0 Å². The molecular weight excluding hydrogens is 416 g/mol. The maximum absolute atomic E-state index is 12.7. The Kier molecular flexibility index (Phi) is 6.08. The number of anilines is 1. The van der Waals surface area contributed by atoms with Gasteiger partial charge in [0.25, 0.3) is 5.91 Å². The second kappa shape index (κ2) is 9.09. The Morgan fingerprint density at radius 1 is 1.13 bits per heavy atom. The molecule has 1 aliphatic heterocycles. The average Bonchev–Trinajstić information content (AvgIpc) is 3.44. The molecule has 1 saturated heterocycles. The zero-order chi connectivity index (χ0) is 21.8. The summed E-state index contributed by atoms with van der Waals surface area (Å²) in [6.07, 6.45) is 1.59. The van der Waals surface area contributed by atoms with E-state index >= 15 is 0 Å². The molecule has 0 bridgehead atoms. The second-order valence-corrected chi connectivity index (χ2v) is 7.95. The Hall–Kier alpha value is -3.52. The van der Waals surface area contributed by atoms with Gasteiger partial charge in [-0.15, -0.1) is 11.8 Å². The van der Waals surface area contributed by atoms with Crippen LogP contribution in [0, 0.1) is 0 Å². The van der Waals surface area contributed by atoms with Crippen LogP contribution in [-0.4, -0.2) is 35.5 Å². The Labute approximate surface area is 183 Å². The molecule has 4 rings (SSSR count). The number of hydrogen-bond donors (Lipinski definition) is 1. The third kappa shape index (κ3) is 4.49. The summed E-state index contributed by atoms with van der Waals surface area (Å²) in [5.41, 5.74) is 2.03. The van der Waals surface area contributed by atoms with Crippen molar-refractivity contribution in [2.24, 2.45) is 0 Å². The number of para-hydroxylation sites is 1. The van der Waals surface area contributed by atoms with Gasteiger partial charge in [0.2, 0.25) is 5.91 Å². The number of esters is 1. The number of methoxy groups -OCH3 is 1. The standard InChI is InChI=1S/C23H20N2O5S/c1-29-23(28)18-6-2-3-7-19(18)24-21(27)15-8-10-16(11-9-15)22-25(20(26)14-31-22)13-17-5-4-12-30-17/h2-12,22H,13-14H2,1H3,(H,24,27). The second-order valence-electron chi connectivity index (χ2n) is 6.88. The monoisotopic (exact) mass is 436 g/mol. The van der Waals surface area contributed by atoms with Gasteiger partial charge < -0.3 is 19.4 Å². The van der Waals surface area contributed by atoms with Crippen LogP contribution in [-0.2, 0) is 16.1 Å². The van der Waals surface area contributed by atoms with Crippen LogP contribution in [0.3, 0.4) is 0 Å². The highest BCUT2D eigenvalue weighted by Crippen LogP contribution is 2.39. The molecule has 2 heterocycles. The number of furan rings is 1. The summed E-state index contributed by atoms with van der Waals surface area (Å²) in [6, 6.07) is 17.4. The van der Waals surface area contributed by atoms with Gasteiger partial charge in [-0.05, 0) is 42.0 Å². The first kappa shape index (κ1) is 20.7. The lowest BCUT2D eigenvalue weighted by Gasteiger charge is -2.23. The molecule has 8 heteroatoms. The SMILES string of the molecule is COC(=O)c1ccccc1NC(=O)c1ccc(C2SCC(=O)N2Cc2ccco2)cc1. The maximum Gasteiger partial charge on any atom is 0.339 e.